The lowest BCUT2D eigenvalue weighted by molar-refractivity contribution is 0.590. The van der Waals surface area contributed by atoms with Crippen LogP contribution in [0.5, 0.6) is 0 Å². The fourth-order valence-electron chi connectivity index (χ4n) is 7.26. The molecule has 298 valence electrons. The van der Waals surface area contributed by atoms with E-state index in [-0.39, 0.29) is 21.7 Å². The Bertz CT molecular complexity index is 2080. The van der Waals surface area contributed by atoms with Crippen molar-refractivity contribution in [2.75, 3.05) is 0 Å². The third-order valence-electron chi connectivity index (χ3n) is 11.0. The van der Waals surface area contributed by atoms with Gasteiger partial charge >= 0.3 is 0 Å². The zero-order valence-electron chi connectivity index (χ0n) is 36.3. The van der Waals surface area contributed by atoms with E-state index < -0.39 is 0 Å². The average molecular weight is 835 g/mol. The smallest absolute Gasteiger partial charge is 0.0709 e. The standard InChI is InChI=1S/C54H58S4/c1-51(2,3)39-27-19-35(20-28-39)43-15-13-16-44(36-21-29-40(30-22-36)52(4,5)6)47(43)49(55)57-58-50(56)48-45(37-23-31-41(32-24-37)53(7,8)9)17-14-18-46(48)38-25-33-42(34-26-38)54(10,11)12/h13-34H,1-12H3. The van der Waals surface area contributed by atoms with Crippen molar-refractivity contribution in [2.24, 2.45) is 0 Å². The summed E-state index contributed by atoms with van der Waals surface area (Å²) in [6, 6.07) is 49.2. The molecule has 0 aliphatic carbocycles. The molecule has 0 aliphatic rings. The second-order valence-corrected chi connectivity index (χ2v) is 23.0. The zero-order valence-corrected chi connectivity index (χ0v) is 39.6. The van der Waals surface area contributed by atoms with Gasteiger partial charge in [0.1, 0.15) is 0 Å². The van der Waals surface area contributed by atoms with E-state index in [1.807, 2.05) is 0 Å². The van der Waals surface area contributed by atoms with Crippen molar-refractivity contribution in [1.82, 2.24) is 0 Å². The number of hydrogen-bond acceptors (Lipinski definition) is 4. The molecule has 0 unspecified atom stereocenters. The van der Waals surface area contributed by atoms with Crippen LogP contribution in [0.4, 0.5) is 0 Å². The summed E-state index contributed by atoms with van der Waals surface area (Å²) in [7, 11) is 3.18. The number of thiocarbonyl (C=S) groups is 2. The topological polar surface area (TPSA) is 0 Å². The molecule has 58 heavy (non-hydrogen) atoms. The van der Waals surface area contributed by atoms with Crippen molar-refractivity contribution in [3.8, 4) is 44.5 Å². The maximum absolute atomic E-state index is 6.47. The third kappa shape index (κ3) is 9.96. The van der Waals surface area contributed by atoms with Crippen molar-refractivity contribution in [2.45, 2.75) is 105 Å². The van der Waals surface area contributed by atoms with Crippen LogP contribution in [-0.2, 0) is 21.7 Å². The molecule has 6 rings (SSSR count). The van der Waals surface area contributed by atoms with Crippen LogP contribution >= 0.6 is 46.0 Å². The molecule has 6 aromatic carbocycles. The number of hydrogen-bond donors (Lipinski definition) is 0. The Kier molecular flexibility index (Phi) is 12.9. The van der Waals surface area contributed by atoms with E-state index in [1.54, 1.807) is 21.6 Å². The van der Waals surface area contributed by atoms with E-state index in [2.05, 4.69) is 217 Å². The van der Waals surface area contributed by atoms with Crippen LogP contribution in [0.2, 0.25) is 0 Å². The minimum atomic E-state index is 0.0634. The SMILES string of the molecule is CC(C)(C)c1ccc(-c2cccc(-c3ccc(C(C)(C)C)cc3)c2C(=S)SSC(=S)c2c(-c3ccc(C(C)(C)C)cc3)cccc2-c2ccc(C(C)(C)C)cc2)cc1. The van der Waals surface area contributed by atoms with Crippen molar-refractivity contribution in [3.05, 3.63) is 167 Å². The van der Waals surface area contributed by atoms with Crippen molar-refractivity contribution in [1.29, 1.82) is 0 Å². The summed E-state index contributed by atoms with van der Waals surface area (Å²) in [4.78, 5) is 0. The fraction of sp³-hybridized carbons (Fsp3) is 0.296. The Morgan fingerprint density at radius 2 is 0.500 bits per heavy atom. The lowest BCUT2D eigenvalue weighted by Gasteiger charge is -2.22. The minimum absolute atomic E-state index is 0.0634. The van der Waals surface area contributed by atoms with Gasteiger partial charge in [-0.3, -0.25) is 0 Å². The molecule has 4 heteroatoms. The van der Waals surface area contributed by atoms with Gasteiger partial charge in [-0.25, -0.2) is 0 Å². The highest BCUT2D eigenvalue weighted by Crippen LogP contribution is 2.44. The van der Waals surface area contributed by atoms with Crippen LogP contribution < -0.4 is 0 Å². The summed E-state index contributed by atoms with van der Waals surface area (Å²) in [5, 5.41) is 0. The van der Waals surface area contributed by atoms with E-state index in [0.717, 1.165) is 64.0 Å². The van der Waals surface area contributed by atoms with E-state index >= 15 is 0 Å². The highest BCUT2D eigenvalue weighted by molar-refractivity contribution is 8.90. The Hall–Kier alpha value is -3.80. The molecule has 0 radical (unpaired) electrons. The molecule has 0 nitrogen and oxygen atoms in total. The average Bonchev–Trinajstić information content (AvgIpc) is 3.18. The molecular weight excluding hydrogens is 777 g/mol. The summed E-state index contributed by atoms with van der Waals surface area (Å²) in [5.74, 6) is 0. The van der Waals surface area contributed by atoms with Crippen LogP contribution in [0, 0.1) is 0 Å². The maximum atomic E-state index is 6.47. The first-order valence-corrected chi connectivity index (χ1v) is 23.2. The van der Waals surface area contributed by atoms with Crippen LogP contribution in [0.15, 0.2) is 133 Å². The summed E-state index contributed by atoms with van der Waals surface area (Å²) in [6.45, 7) is 27.1. The monoisotopic (exact) mass is 834 g/mol. The Morgan fingerprint density at radius 3 is 0.672 bits per heavy atom. The molecule has 0 fully saturated rings. The number of benzene rings is 6. The summed E-state index contributed by atoms with van der Waals surface area (Å²) >= 11 is 12.9. The molecule has 0 aliphatic heterocycles. The van der Waals surface area contributed by atoms with Crippen LogP contribution in [0.3, 0.4) is 0 Å². The Balaban J connectivity index is 1.43. The first-order valence-electron chi connectivity index (χ1n) is 20.3. The predicted octanol–water partition coefficient (Wildman–Crippen LogP) is 17.0. The molecule has 0 spiro atoms. The van der Waals surface area contributed by atoms with Crippen LogP contribution in [0.25, 0.3) is 44.5 Å². The number of rotatable bonds is 6. The summed E-state index contributed by atoms with van der Waals surface area (Å²) in [5.41, 5.74) is 16.7. The lowest BCUT2D eigenvalue weighted by atomic mass is 9.84. The van der Waals surface area contributed by atoms with E-state index in [9.17, 15) is 0 Å². The van der Waals surface area contributed by atoms with Crippen molar-refractivity contribution < 1.29 is 0 Å². The molecular formula is C54H58S4. The Morgan fingerprint density at radius 1 is 0.310 bits per heavy atom. The summed E-state index contributed by atoms with van der Waals surface area (Å²) in [6.07, 6.45) is 0. The highest BCUT2D eigenvalue weighted by Gasteiger charge is 2.23. The van der Waals surface area contributed by atoms with Gasteiger partial charge in [-0.05, 0) is 110 Å². The first kappa shape index (κ1) is 43.8. The Labute approximate surface area is 368 Å². The lowest BCUT2D eigenvalue weighted by Crippen LogP contribution is -2.11. The van der Waals surface area contributed by atoms with Gasteiger partial charge in [-0.15, -0.1) is 0 Å². The van der Waals surface area contributed by atoms with E-state index in [1.165, 1.54) is 22.3 Å². The molecule has 0 saturated carbocycles. The van der Waals surface area contributed by atoms with Gasteiger partial charge in [0.15, 0.2) is 0 Å². The van der Waals surface area contributed by atoms with Gasteiger partial charge in [-0.1, -0.05) is 241 Å². The van der Waals surface area contributed by atoms with Gasteiger partial charge in [0, 0.05) is 11.1 Å². The van der Waals surface area contributed by atoms with Gasteiger partial charge in [0.2, 0.25) is 0 Å². The van der Waals surface area contributed by atoms with E-state index in [0.29, 0.717) is 0 Å². The molecule has 0 amide bonds. The van der Waals surface area contributed by atoms with E-state index in [4.69, 9.17) is 24.4 Å². The van der Waals surface area contributed by atoms with Gasteiger partial charge in [-0.2, -0.15) is 0 Å². The van der Waals surface area contributed by atoms with Gasteiger partial charge < -0.3 is 0 Å². The molecule has 0 atom stereocenters. The highest BCUT2D eigenvalue weighted by atomic mass is 33.1. The normalized spacial score (nSPS) is 12.4. The first-order chi connectivity index (χ1) is 27.1. The van der Waals surface area contributed by atoms with Gasteiger partial charge in [0.05, 0.1) is 8.39 Å². The predicted molar refractivity (Wildman–Crippen MR) is 268 cm³/mol. The maximum Gasteiger partial charge on any atom is 0.0901 e. The second kappa shape index (κ2) is 17.1. The minimum Gasteiger partial charge on any atom is -0.0709 e. The molecule has 6 aromatic rings. The fourth-order valence-corrected chi connectivity index (χ4v) is 10.0. The van der Waals surface area contributed by atoms with Crippen molar-refractivity contribution >= 4 is 54.4 Å². The van der Waals surface area contributed by atoms with Crippen molar-refractivity contribution in [3.63, 3.8) is 0 Å². The molecule has 0 bridgehead atoms. The quantitative estimate of drug-likeness (QED) is 0.121. The van der Waals surface area contributed by atoms with Crippen LogP contribution in [-0.4, -0.2) is 8.39 Å². The molecule has 0 heterocycles. The molecule has 0 N–H and O–H groups in total. The summed E-state index contributed by atoms with van der Waals surface area (Å²) < 4.78 is 1.61. The largest absolute Gasteiger partial charge is 0.0901 e. The zero-order chi connectivity index (χ0) is 42.2. The third-order valence-corrected chi connectivity index (χ3v) is 14.6. The second-order valence-electron chi connectivity index (χ2n) is 19.5. The van der Waals surface area contributed by atoms with Crippen LogP contribution in [0.1, 0.15) is 116 Å². The molecule has 0 saturated heterocycles. The molecule has 0 aromatic heterocycles. The van der Waals surface area contributed by atoms with Gasteiger partial charge in [0.25, 0.3) is 0 Å².